The van der Waals surface area contributed by atoms with Gasteiger partial charge in [0.2, 0.25) is 9.84 Å². The van der Waals surface area contributed by atoms with Gasteiger partial charge in [0, 0.05) is 13.1 Å². The summed E-state index contributed by atoms with van der Waals surface area (Å²) in [6.45, 7) is 3.85. The molecule has 1 aromatic carbocycles. The molecule has 2 N–H and O–H groups in total. The van der Waals surface area contributed by atoms with E-state index in [1.807, 2.05) is 4.90 Å². The molecule has 0 spiro atoms. The SMILES string of the molecule is CC1CCN(c2ccccc2S(=O)(=O)C(F)F)CC1CN. The van der Waals surface area contributed by atoms with Crippen molar-refractivity contribution < 1.29 is 17.2 Å². The Labute approximate surface area is 123 Å². The van der Waals surface area contributed by atoms with E-state index in [-0.39, 0.29) is 10.8 Å². The van der Waals surface area contributed by atoms with E-state index in [1.165, 1.54) is 12.1 Å². The fourth-order valence-electron chi connectivity index (χ4n) is 2.73. The summed E-state index contributed by atoms with van der Waals surface area (Å²) in [5, 5.41) is 0. The maximum atomic E-state index is 12.8. The van der Waals surface area contributed by atoms with E-state index in [1.54, 1.807) is 12.1 Å². The largest absolute Gasteiger partial charge is 0.370 e. The first-order chi connectivity index (χ1) is 9.87. The van der Waals surface area contributed by atoms with Crippen molar-refractivity contribution in [3.05, 3.63) is 24.3 Å². The summed E-state index contributed by atoms with van der Waals surface area (Å²) < 4.78 is 49.3. The molecule has 2 unspecified atom stereocenters. The normalized spacial score (nSPS) is 23.6. The molecule has 0 amide bonds. The Morgan fingerprint density at radius 3 is 2.67 bits per heavy atom. The summed E-state index contributed by atoms with van der Waals surface area (Å²) in [5.41, 5.74) is 6.09. The molecule has 0 aromatic heterocycles. The highest BCUT2D eigenvalue weighted by Gasteiger charge is 2.32. The molecule has 2 rings (SSSR count). The molecule has 1 heterocycles. The Kier molecular flexibility index (Phi) is 4.83. The van der Waals surface area contributed by atoms with Crippen molar-refractivity contribution in [1.29, 1.82) is 0 Å². The zero-order valence-corrected chi connectivity index (χ0v) is 12.7. The van der Waals surface area contributed by atoms with E-state index in [0.29, 0.717) is 31.2 Å². The number of hydrogen-bond donors (Lipinski definition) is 1. The number of sulfone groups is 1. The van der Waals surface area contributed by atoms with Crippen LogP contribution in [-0.2, 0) is 9.84 Å². The third-order valence-electron chi connectivity index (χ3n) is 4.16. The molecule has 1 aromatic rings. The van der Waals surface area contributed by atoms with Gasteiger partial charge in [0.15, 0.2) is 0 Å². The van der Waals surface area contributed by atoms with Crippen molar-refractivity contribution in [2.75, 3.05) is 24.5 Å². The highest BCUT2D eigenvalue weighted by Crippen LogP contribution is 2.33. The average Bonchev–Trinajstić information content (AvgIpc) is 2.47. The predicted molar refractivity (Wildman–Crippen MR) is 78.2 cm³/mol. The summed E-state index contributed by atoms with van der Waals surface area (Å²) in [6.07, 6.45) is 0.866. The Morgan fingerprint density at radius 2 is 2.05 bits per heavy atom. The van der Waals surface area contributed by atoms with Gasteiger partial charge in [-0.05, 0) is 36.9 Å². The summed E-state index contributed by atoms with van der Waals surface area (Å²) in [6, 6.07) is 5.95. The molecule has 1 saturated heterocycles. The van der Waals surface area contributed by atoms with Crippen LogP contribution >= 0.6 is 0 Å². The molecule has 1 aliphatic rings. The second kappa shape index (κ2) is 6.27. The number of hydrogen-bond acceptors (Lipinski definition) is 4. The van der Waals surface area contributed by atoms with Crippen molar-refractivity contribution in [2.24, 2.45) is 17.6 Å². The highest BCUT2D eigenvalue weighted by atomic mass is 32.2. The Hall–Kier alpha value is -1.21. The average molecular weight is 318 g/mol. The zero-order valence-electron chi connectivity index (χ0n) is 11.9. The fourth-order valence-corrected chi connectivity index (χ4v) is 3.68. The first kappa shape index (κ1) is 16.2. The lowest BCUT2D eigenvalue weighted by Gasteiger charge is -2.38. The van der Waals surface area contributed by atoms with E-state index in [4.69, 9.17) is 5.73 Å². The number of benzene rings is 1. The van der Waals surface area contributed by atoms with Gasteiger partial charge < -0.3 is 10.6 Å². The minimum atomic E-state index is -4.60. The van der Waals surface area contributed by atoms with Crippen molar-refractivity contribution in [1.82, 2.24) is 0 Å². The van der Waals surface area contributed by atoms with Crippen molar-refractivity contribution in [3.8, 4) is 0 Å². The minimum Gasteiger partial charge on any atom is -0.370 e. The van der Waals surface area contributed by atoms with Crippen molar-refractivity contribution in [2.45, 2.75) is 24.0 Å². The molecule has 21 heavy (non-hydrogen) atoms. The second-order valence-corrected chi connectivity index (χ2v) is 7.37. The minimum absolute atomic E-state index is 0.237. The van der Waals surface area contributed by atoms with Gasteiger partial charge in [-0.15, -0.1) is 0 Å². The van der Waals surface area contributed by atoms with Crippen LogP contribution in [0.15, 0.2) is 29.2 Å². The summed E-state index contributed by atoms with van der Waals surface area (Å²) in [5.74, 6) is -2.72. The molecule has 2 atom stereocenters. The fraction of sp³-hybridized carbons (Fsp3) is 0.571. The predicted octanol–water partition coefficient (Wildman–Crippen LogP) is 2.10. The van der Waals surface area contributed by atoms with Crippen LogP contribution in [0.5, 0.6) is 0 Å². The molecule has 118 valence electrons. The molecule has 4 nitrogen and oxygen atoms in total. The monoisotopic (exact) mass is 318 g/mol. The van der Waals surface area contributed by atoms with E-state index < -0.39 is 15.6 Å². The van der Waals surface area contributed by atoms with Crippen LogP contribution in [-0.4, -0.2) is 33.8 Å². The number of alkyl halides is 2. The molecular weight excluding hydrogens is 298 g/mol. The zero-order chi connectivity index (χ0) is 15.6. The smallest absolute Gasteiger partial charge is 0.341 e. The van der Waals surface area contributed by atoms with Gasteiger partial charge in [0.05, 0.1) is 10.6 Å². The Balaban J connectivity index is 2.37. The maximum Gasteiger partial charge on any atom is 0.341 e. The van der Waals surface area contributed by atoms with Crippen LogP contribution in [0, 0.1) is 11.8 Å². The van der Waals surface area contributed by atoms with Gasteiger partial charge in [0.1, 0.15) is 0 Å². The Morgan fingerprint density at radius 1 is 1.38 bits per heavy atom. The molecule has 1 fully saturated rings. The lowest BCUT2D eigenvalue weighted by molar-refractivity contribution is 0.234. The lowest BCUT2D eigenvalue weighted by atomic mass is 9.87. The van der Waals surface area contributed by atoms with Crippen LogP contribution in [0.25, 0.3) is 0 Å². The molecule has 1 aliphatic heterocycles. The Bertz CT molecular complexity index is 592. The van der Waals surface area contributed by atoms with Crippen LogP contribution in [0.1, 0.15) is 13.3 Å². The number of nitrogens with two attached hydrogens (primary N) is 1. The lowest BCUT2D eigenvalue weighted by Crippen LogP contribution is -2.43. The van der Waals surface area contributed by atoms with E-state index >= 15 is 0 Å². The second-order valence-electron chi connectivity index (χ2n) is 5.48. The molecule has 0 aliphatic carbocycles. The van der Waals surface area contributed by atoms with Gasteiger partial charge >= 0.3 is 5.76 Å². The maximum absolute atomic E-state index is 12.8. The van der Waals surface area contributed by atoms with Crippen molar-refractivity contribution in [3.63, 3.8) is 0 Å². The summed E-state index contributed by atoms with van der Waals surface area (Å²) in [7, 11) is -4.60. The van der Waals surface area contributed by atoms with Gasteiger partial charge in [-0.25, -0.2) is 8.42 Å². The number of piperidine rings is 1. The van der Waals surface area contributed by atoms with Crippen molar-refractivity contribution >= 4 is 15.5 Å². The first-order valence-electron chi connectivity index (χ1n) is 6.94. The van der Waals surface area contributed by atoms with Gasteiger partial charge in [-0.3, -0.25) is 0 Å². The van der Waals surface area contributed by atoms with Crippen LogP contribution in [0.4, 0.5) is 14.5 Å². The van der Waals surface area contributed by atoms with E-state index in [0.717, 1.165) is 6.42 Å². The molecule has 0 bridgehead atoms. The topological polar surface area (TPSA) is 63.4 Å². The highest BCUT2D eigenvalue weighted by molar-refractivity contribution is 7.91. The third-order valence-corrected chi connectivity index (χ3v) is 5.59. The molecule has 7 heteroatoms. The third kappa shape index (κ3) is 3.18. The number of anilines is 1. The molecule has 0 saturated carbocycles. The van der Waals surface area contributed by atoms with E-state index in [2.05, 4.69) is 6.92 Å². The quantitative estimate of drug-likeness (QED) is 0.923. The number of nitrogens with zero attached hydrogens (tertiary/aromatic N) is 1. The van der Waals surface area contributed by atoms with Crippen LogP contribution < -0.4 is 10.6 Å². The summed E-state index contributed by atoms with van der Waals surface area (Å²) in [4.78, 5) is 1.55. The van der Waals surface area contributed by atoms with Gasteiger partial charge in [-0.1, -0.05) is 19.1 Å². The number of rotatable bonds is 4. The number of para-hydroxylation sites is 1. The first-order valence-corrected chi connectivity index (χ1v) is 8.48. The summed E-state index contributed by atoms with van der Waals surface area (Å²) >= 11 is 0. The standard InChI is InChI=1S/C14H20F2N2O2S/c1-10-6-7-18(9-11(10)8-17)12-4-2-3-5-13(12)21(19,20)14(15)16/h2-5,10-11,14H,6-9,17H2,1H3. The van der Waals surface area contributed by atoms with Crippen LogP contribution in [0.2, 0.25) is 0 Å². The van der Waals surface area contributed by atoms with E-state index in [9.17, 15) is 17.2 Å². The van der Waals surface area contributed by atoms with Gasteiger partial charge in [-0.2, -0.15) is 8.78 Å². The molecular formula is C14H20F2N2O2S. The van der Waals surface area contributed by atoms with Gasteiger partial charge in [0.25, 0.3) is 0 Å². The van der Waals surface area contributed by atoms with Crippen LogP contribution in [0.3, 0.4) is 0 Å². The molecule has 0 radical (unpaired) electrons. The number of halogens is 2.